The van der Waals surface area contributed by atoms with Crippen LogP contribution in [0.2, 0.25) is 0 Å². The van der Waals surface area contributed by atoms with E-state index in [9.17, 15) is 13.2 Å². The predicted molar refractivity (Wildman–Crippen MR) is 121 cm³/mol. The Morgan fingerprint density at radius 2 is 1.74 bits per heavy atom. The molecule has 1 heterocycles. The molecule has 1 aliphatic rings. The van der Waals surface area contributed by atoms with Crippen LogP contribution >= 0.6 is 0 Å². The average molecular weight is 448 g/mol. The highest BCUT2D eigenvalue weighted by Gasteiger charge is 2.29. The van der Waals surface area contributed by atoms with E-state index in [1.54, 1.807) is 31.4 Å². The number of hydrogen-bond donors (Lipinski definition) is 1. The summed E-state index contributed by atoms with van der Waals surface area (Å²) in [6, 6.07) is 14.9. The van der Waals surface area contributed by atoms with Gasteiger partial charge in [-0.15, -0.1) is 0 Å². The first kappa shape index (κ1) is 23.1. The number of carbonyl (C=O) groups excluding carboxylic acids is 1. The zero-order chi connectivity index (χ0) is 22.3. The van der Waals surface area contributed by atoms with Gasteiger partial charge in [0.1, 0.15) is 18.1 Å². The number of rotatable bonds is 9. The lowest BCUT2D eigenvalue weighted by molar-refractivity contribution is -0.113. The minimum atomic E-state index is -3.68. The quantitative estimate of drug-likeness (QED) is 0.593. The molecule has 0 aromatic heterocycles. The van der Waals surface area contributed by atoms with E-state index in [-0.39, 0.29) is 0 Å². The molecular weight excluding hydrogens is 418 g/mol. The third-order valence-electron chi connectivity index (χ3n) is 5.01. The Hall–Kier alpha value is -2.62. The zero-order valence-corrected chi connectivity index (χ0v) is 18.7. The van der Waals surface area contributed by atoms with Crippen molar-refractivity contribution in [2.45, 2.75) is 6.92 Å². The van der Waals surface area contributed by atoms with Gasteiger partial charge >= 0.3 is 0 Å². The van der Waals surface area contributed by atoms with Crippen LogP contribution in [0.3, 0.4) is 0 Å². The second-order valence-corrected chi connectivity index (χ2v) is 9.36. The van der Waals surface area contributed by atoms with Crippen molar-refractivity contribution in [2.75, 3.05) is 62.5 Å². The maximum atomic E-state index is 12.7. The Labute approximate surface area is 183 Å². The highest BCUT2D eigenvalue weighted by molar-refractivity contribution is 7.89. The number of ether oxygens (including phenoxy) is 2. The molecule has 2 aromatic carbocycles. The molecule has 1 saturated heterocycles. The SMILES string of the molecule is COCCOc1ccc(NC(=O)CS(=O)(=O)N2CCN(c3cccc(C)c3)CC2)cc1. The van der Waals surface area contributed by atoms with Gasteiger partial charge in [0.15, 0.2) is 0 Å². The van der Waals surface area contributed by atoms with Crippen LogP contribution in [0.5, 0.6) is 5.75 Å². The number of nitrogens with one attached hydrogen (secondary N) is 1. The van der Waals surface area contributed by atoms with Gasteiger partial charge in [0, 0.05) is 44.7 Å². The summed E-state index contributed by atoms with van der Waals surface area (Å²) in [6.45, 7) is 4.84. The Morgan fingerprint density at radius 1 is 1.03 bits per heavy atom. The van der Waals surface area contributed by atoms with Gasteiger partial charge in [0.25, 0.3) is 0 Å². The molecular formula is C22H29N3O5S. The van der Waals surface area contributed by atoms with Crippen molar-refractivity contribution in [3.63, 3.8) is 0 Å². The monoisotopic (exact) mass is 447 g/mol. The molecule has 1 N–H and O–H groups in total. The van der Waals surface area contributed by atoms with Gasteiger partial charge in [-0.3, -0.25) is 4.79 Å². The molecule has 1 amide bonds. The number of nitrogens with zero attached hydrogens (tertiary/aromatic N) is 2. The molecule has 0 radical (unpaired) electrons. The van der Waals surface area contributed by atoms with E-state index in [2.05, 4.69) is 16.3 Å². The molecule has 0 unspecified atom stereocenters. The second kappa shape index (κ2) is 10.6. The summed E-state index contributed by atoms with van der Waals surface area (Å²) in [6.07, 6.45) is 0. The lowest BCUT2D eigenvalue weighted by Gasteiger charge is -2.35. The second-order valence-electron chi connectivity index (χ2n) is 7.40. The van der Waals surface area contributed by atoms with Crippen LogP contribution in [0.15, 0.2) is 48.5 Å². The molecule has 1 fully saturated rings. The number of amides is 1. The number of piperazine rings is 1. The van der Waals surface area contributed by atoms with E-state index in [0.717, 1.165) is 5.69 Å². The van der Waals surface area contributed by atoms with Gasteiger partial charge in [-0.2, -0.15) is 4.31 Å². The smallest absolute Gasteiger partial charge is 0.241 e. The van der Waals surface area contributed by atoms with Crippen LogP contribution in [0.1, 0.15) is 5.56 Å². The van der Waals surface area contributed by atoms with Crippen molar-refractivity contribution >= 4 is 27.3 Å². The van der Waals surface area contributed by atoms with Gasteiger partial charge in [-0.25, -0.2) is 8.42 Å². The van der Waals surface area contributed by atoms with Gasteiger partial charge in [0.2, 0.25) is 15.9 Å². The van der Waals surface area contributed by atoms with Crippen molar-refractivity contribution in [2.24, 2.45) is 0 Å². The van der Waals surface area contributed by atoms with Gasteiger partial charge < -0.3 is 19.7 Å². The lowest BCUT2D eigenvalue weighted by atomic mass is 10.2. The molecule has 0 atom stereocenters. The maximum absolute atomic E-state index is 12.7. The van der Waals surface area contributed by atoms with Crippen molar-refractivity contribution in [3.05, 3.63) is 54.1 Å². The predicted octanol–water partition coefficient (Wildman–Crippen LogP) is 2.11. The van der Waals surface area contributed by atoms with E-state index in [1.807, 2.05) is 25.1 Å². The fourth-order valence-electron chi connectivity index (χ4n) is 3.38. The molecule has 2 aromatic rings. The number of aryl methyl sites for hydroxylation is 1. The van der Waals surface area contributed by atoms with Crippen LogP contribution in [-0.4, -0.2) is 70.9 Å². The van der Waals surface area contributed by atoms with Crippen LogP contribution in [0.4, 0.5) is 11.4 Å². The molecule has 1 aliphatic heterocycles. The van der Waals surface area contributed by atoms with Crippen LogP contribution in [0, 0.1) is 6.92 Å². The summed E-state index contributed by atoms with van der Waals surface area (Å²) in [5, 5.41) is 2.64. The normalized spacial score (nSPS) is 15.0. The minimum Gasteiger partial charge on any atom is -0.491 e. The number of methoxy groups -OCH3 is 1. The van der Waals surface area contributed by atoms with Crippen LogP contribution < -0.4 is 15.0 Å². The van der Waals surface area contributed by atoms with Gasteiger partial charge in [-0.1, -0.05) is 12.1 Å². The third kappa shape index (κ3) is 6.68. The summed E-state index contributed by atoms with van der Waals surface area (Å²) in [4.78, 5) is 14.5. The van der Waals surface area contributed by atoms with E-state index in [0.29, 0.717) is 50.8 Å². The zero-order valence-electron chi connectivity index (χ0n) is 17.9. The molecule has 0 aliphatic carbocycles. The fourth-order valence-corrected chi connectivity index (χ4v) is 4.69. The summed E-state index contributed by atoms with van der Waals surface area (Å²) < 4.78 is 37.2. The number of carbonyl (C=O) groups is 1. The van der Waals surface area contributed by atoms with Crippen molar-refractivity contribution in [1.82, 2.24) is 4.31 Å². The largest absolute Gasteiger partial charge is 0.491 e. The Morgan fingerprint density at radius 3 is 2.39 bits per heavy atom. The molecule has 8 nitrogen and oxygen atoms in total. The topological polar surface area (TPSA) is 88.2 Å². The van der Waals surface area contributed by atoms with Gasteiger partial charge in [0.05, 0.1) is 6.61 Å². The van der Waals surface area contributed by atoms with Crippen molar-refractivity contribution in [1.29, 1.82) is 0 Å². The van der Waals surface area contributed by atoms with Crippen molar-refractivity contribution in [3.8, 4) is 5.75 Å². The first-order valence-electron chi connectivity index (χ1n) is 10.2. The molecule has 168 valence electrons. The Balaban J connectivity index is 1.49. The number of hydrogen-bond acceptors (Lipinski definition) is 6. The molecule has 0 spiro atoms. The van der Waals surface area contributed by atoms with E-state index in [4.69, 9.17) is 9.47 Å². The summed E-state index contributed by atoms with van der Waals surface area (Å²) in [7, 11) is -2.09. The standard InChI is InChI=1S/C22H29N3O5S/c1-18-4-3-5-20(16-18)24-10-12-25(13-11-24)31(27,28)17-22(26)23-19-6-8-21(9-7-19)30-15-14-29-2/h3-9,16H,10-15,17H2,1-2H3,(H,23,26). The average Bonchev–Trinajstić information content (AvgIpc) is 2.75. The third-order valence-corrected chi connectivity index (χ3v) is 6.79. The molecule has 31 heavy (non-hydrogen) atoms. The molecule has 9 heteroatoms. The molecule has 0 saturated carbocycles. The van der Waals surface area contributed by atoms with Crippen molar-refractivity contribution < 1.29 is 22.7 Å². The summed E-state index contributed by atoms with van der Waals surface area (Å²) in [5.74, 6) is -0.493. The highest BCUT2D eigenvalue weighted by Crippen LogP contribution is 2.19. The Bertz CT molecular complexity index is 971. The summed E-state index contributed by atoms with van der Waals surface area (Å²) in [5.41, 5.74) is 2.77. The maximum Gasteiger partial charge on any atom is 0.241 e. The lowest BCUT2D eigenvalue weighted by Crippen LogP contribution is -2.50. The fraction of sp³-hybridized carbons (Fsp3) is 0.409. The first-order chi connectivity index (χ1) is 14.9. The van der Waals surface area contributed by atoms with Crippen LogP contribution in [-0.2, 0) is 19.6 Å². The van der Waals surface area contributed by atoms with E-state index in [1.165, 1.54) is 9.87 Å². The van der Waals surface area contributed by atoms with Gasteiger partial charge in [-0.05, 0) is 48.9 Å². The first-order valence-corrected chi connectivity index (χ1v) is 11.8. The van der Waals surface area contributed by atoms with E-state index < -0.39 is 21.7 Å². The van der Waals surface area contributed by atoms with E-state index >= 15 is 0 Å². The highest BCUT2D eigenvalue weighted by atomic mass is 32.2. The Kier molecular flexibility index (Phi) is 7.89. The summed E-state index contributed by atoms with van der Waals surface area (Å²) >= 11 is 0. The molecule has 3 rings (SSSR count). The van der Waals surface area contributed by atoms with Crippen LogP contribution in [0.25, 0.3) is 0 Å². The number of anilines is 2. The number of benzene rings is 2. The molecule has 0 bridgehead atoms. The number of sulfonamides is 1. The minimum absolute atomic E-state index is 0.358.